The summed E-state index contributed by atoms with van der Waals surface area (Å²) in [5.74, 6) is -0.0625. The number of allylic oxidation sites excluding steroid dienone is 2. The molecule has 4 heteroatoms. The molecule has 0 saturated heterocycles. The van der Waals surface area contributed by atoms with Crippen LogP contribution in [0.4, 0.5) is 0 Å². The number of hydrogen-bond donors (Lipinski definition) is 1. The van der Waals surface area contributed by atoms with Crippen LogP contribution in [0, 0.1) is 6.07 Å². The van der Waals surface area contributed by atoms with Crippen LogP contribution in [0.2, 0.25) is 0 Å². The van der Waals surface area contributed by atoms with Crippen LogP contribution in [0.15, 0.2) is 60.4 Å². The average molecular weight is 617 g/mol. The van der Waals surface area contributed by atoms with Gasteiger partial charge in [-0.25, -0.2) is 0 Å². The van der Waals surface area contributed by atoms with Gasteiger partial charge in [0, 0.05) is 42.8 Å². The zero-order valence-corrected chi connectivity index (χ0v) is 22.4. The van der Waals surface area contributed by atoms with E-state index in [1.54, 1.807) is 0 Å². The smallest absolute Gasteiger partial charge is 0.155 e. The van der Waals surface area contributed by atoms with E-state index in [-0.39, 0.29) is 42.5 Å². The van der Waals surface area contributed by atoms with Crippen LogP contribution in [-0.2, 0) is 35.7 Å². The third kappa shape index (κ3) is 4.88. The Hall–Kier alpha value is -2.55. The molecule has 1 radical (unpaired) electrons. The van der Waals surface area contributed by atoms with Crippen molar-refractivity contribution in [3.05, 3.63) is 77.7 Å². The van der Waals surface area contributed by atoms with Gasteiger partial charge in [0.15, 0.2) is 5.78 Å². The number of fused-ring (bicyclic) bond motifs is 5. The Labute approximate surface area is 209 Å². The molecule has 173 valence electrons. The molecule has 0 atom stereocenters. The Morgan fingerprint density at radius 2 is 1.64 bits per heavy atom. The Morgan fingerprint density at radius 1 is 0.970 bits per heavy atom. The second-order valence-corrected chi connectivity index (χ2v) is 10.2. The van der Waals surface area contributed by atoms with Gasteiger partial charge in [0.25, 0.3) is 0 Å². The number of hydrogen-bond acceptors (Lipinski definition) is 3. The summed E-state index contributed by atoms with van der Waals surface area (Å²) < 4.78 is 0. The maximum Gasteiger partial charge on any atom is 0.155 e. The normalized spacial score (nSPS) is 16.1. The van der Waals surface area contributed by atoms with Gasteiger partial charge in [-0.3, -0.25) is 9.78 Å². The third-order valence-electron chi connectivity index (χ3n) is 6.22. The minimum atomic E-state index is -0.125. The molecule has 3 nitrogen and oxygen atoms in total. The van der Waals surface area contributed by atoms with Gasteiger partial charge in [0.2, 0.25) is 0 Å². The van der Waals surface area contributed by atoms with E-state index < -0.39 is 0 Å². The van der Waals surface area contributed by atoms with Crippen LogP contribution < -0.4 is 0 Å². The Bertz CT molecular complexity index is 1400. The van der Waals surface area contributed by atoms with Crippen LogP contribution >= 0.6 is 0 Å². The monoisotopic (exact) mass is 617 g/mol. The predicted molar refractivity (Wildman–Crippen MR) is 133 cm³/mol. The number of nitrogens with zero attached hydrogens (tertiary/aromatic N) is 1. The van der Waals surface area contributed by atoms with Gasteiger partial charge in [0.1, 0.15) is 0 Å². The van der Waals surface area contributed by atoms with E-state index >= 15 is 0 Å². The van der Waals surface area contributed by atoms with Gasteiger partial charge < -0.3 is 5.11 Å². The van der Waals surface area contributed by atoms with E-state index in [0.717, 1.165) is 22.7 Å². The van der Waals surface area contributed by atoms with E-state index in [4.69, 9.17) is 10.1 Å². The first kappa shape index (κ1) is 25.1. The fraction of sp³-hybridized carbons (Fsp3) is 0.310. The fourth-order valence-electron chi connectivity index (χ4n) is 5.16. The van der Waals surface area contributed by atoms with Crippen molar-refractivity contribution in [2.45, 2.75) is 58.8 Å². The number of aliphatic hydroxyl groups is 1. The van der Waals surface area contributed by atoms with E-state index in [9.17, 15) is 4.79 Å². The molecule has 0 unspecified atom stereocenters. The minimum Gasteiger partial charge on any atom is -0.512 e. The maximum absolute atomic E-state index is 10.0. The molecule has 3 aromatic carbocycles. The summed E-state index contributed by atoms with van der Waals surface area (Å²) in [6.45, 7) is 12.2. The van der Waals surface area contributed by atoms with E-state index in [1.165, 1.54) is 47.3 Å². The van der Waals surface area contributed by atoms with Crippen LogP contribution in [-0.4, -0.2) is 15.9 Å². The number of aromatic nitrogens is 1. The molecule has 1 heterocycles. The van der Waals surface area contributed by atoms with Gasteiger partial charge in [-0.2, -0.15) is 0 Å². The Balaban J connectivity index is 0.000000337. The van der Waals surface area contributed by atoms with Crippen LogP contribution in [0.5, 0.6) is 0 Å². The summed E-state index contributed by atoms with van der Waals surface area (Å²) in [6.07, 6.45) is 2.31. The van der Waals surface area contributed by atoms with Gasteiger partial charge >= 0.3 is 0 Å². The van der Waals surface area contributed by atoms with Gasteiger partial charge in [-0.05, 0) is 36.6 Å². The summed E-state index contributed by atoms with van der Waals surface area (Å²) in [5.41, 5.74) is 4.06. The van der Waals surface area contributed by atoms with Gasteiger partial charge in [-0.1, -0.05) is 80.3 Å². The molecule has 4 aromatic rings. The second kappa shape index (κ2) is 9.00. The van der Waals surface area contributed by atoms with Crippen LogP contribution in [0.1, 0.15) is 59.2 Å². The first-order chi connectivity index (χ1) is 15.0. The van der Waals surface area contributed by atoms with Crippen molar-refractivity contribution in [1.29, 1.82) is 0 Å². The Morgan fingerprint density at radius 3 is 2.27 bits per heavy atom. The number of carbonyl (C=O) groups excluding carboxylic acids is 1. The van der Waals surface area contributed by atoms with Crippen molar-refractivity contribution in [2.24, 2.45) is 0 Å². The summed E-state index contributed by atoms with van der Waals surface area (Å²) in [6, 6.07) is 21.1. The summed E-state index contributed by atoms with van der Waals surface area (Å²) in [7, 11) is 0. The van der Waals surface area contributed by atoms with E-state index in [2.05, 4.69) is 82.3 Å². The zero-order valence-electron chi connectivity index (χ0n) is 20.0. The van der Waals surface area contributed by atoms with Crippen molar-refractivity contribution in [3.8, 4) is 0 Å². The quantitative estimate of drug-likeness (QED) is 0.0801. The molecule has 1 aromatic heterocycles. The predicted octanol–water partition coefficient (Wildman–Crippen LogP) is 7.33. The third-order valence-corrected chi connectivity index (χ3v) is 6.22. The Kier molecular flexibility index (Phi) is 6.84. The molecule has 0 aliphatic heterocycles. The number of pyridine rings is 1. The first-order valence-corrected chi connectivity index (χ1v) is 11.1. The molecule has 0 saturated carbocycles. The molecule has 1 aliphatic rings. The van der Waals surface area contributed by atoms with Crippen molar-refractivity contribution in [1.82, 2.24) is 4.98 Å². The number of rotatable bonds is 1. The van der Waals surface area contributed by atoms with Crippen molar-refractivity contribution in [3.63, 3.8) is 0 Å². The standard InChI is InChI=1S/C24H22N.C5H8O2.Ir/c1-23(2)14-24(3,4)22-20(23)13-18-10-9-17-11-15-7-5-6-8-16(15)12-19(17)21(18)25-22;1-4(6)3-5(2)7;/h5-11,13H,14H2,1-4H3;3,6H,1-2H3;/q-1;;. The number of ketones is 1. The molecular weight excluding hydrogens is 587 g/mol. The molecule has 33 heavy (non-hydrogen) atoms. The van der Waals surface area contributed by atoms with E-state index in [0.29, 0.717) is 0 Å². The molecule has 0 bridgehead atoms. The molecule has 0 fully saturated rings. The first-order valence-electron chi connectivity index (χ1n) is 11.1. The van der Waals surface area contributed by atoms with Crippen molar-refractivity contribution in [2.75, 3.05) is 0 Å². The summed E-state index contributed by atoms with van der Waals surface area (Å²) in [4.78, 5) is 15.2. The summed E-state index contributed by atoms with van der Waals surface area (Å²) >= 11 is 0. The minimum absolute atomic E-state index is 0. The maximum atomic E-state index is 10.0. The second-order valence-electron chi connectivity index (χ2n) is 10.2. The molecule has 1 aliphatic carbocycles. The molecule has 1 N–H and O–H groups in total. The van der Waals surface area contributed by atoms with Crippen molar-refractivity contribution < 1.29 is 30.0 Å². The summed E-state index contributed by atoms with van der Waals surface area (Å²) in [5, 5.41) is 14.3. The van der Waals surface area contributed by atoms with Gasteiger partial charge in [0.05, 0.1) is 5.76 Å². The largest absolute Gasteiger partial charge is 0.512 e. The van der Waals surface area contributed by atoms with Crippen molar-refractivity contribution >= 4 is 38.2 Å². The fourth-order valence-corrected chi connectivity index (χ4v) is 5.16. The van der Waals surface area contributed by atoms with Gasteiger partial charge in [-0.15, -0.1) is 23.6 Å². The van der Waals surface area contributed by atoms with E-state index in [1.807, 2.05) is 0 Å². The zero-order chi connectivity index (χ0) is 23.3. The number of aliphatic hydroxyl groups excluding tert-OH is 1. The number of carbonyl (C=O) groups is 1. The van der Waals surface area contributed by atoms with Crippen LogP contribution in [0.3, 0.4) is 0 Å². The van der Waals surface area contributed by atoms with Crippen LogP contribution in [0.25, 0.3) is 32.4 Å². The molecular formula is C29H30IrNO2-. The SMILES string of the molecule is CC(=O)C=C(C)O.CC1(C)CC(C)(C)c2nc3c(ccc4cc5ccccc5[c-]c43)cc21.[Ir]. The topological polar surface area (TPSA) is 50.2 Å². The number of benzene rings is 3. The average Bonchev–Trinajstić information content (AvgIpc) is 2.88. The molecule has 0 amide bonds. The molecule has 0 spiro atoms. The molecule has 5 rings (SSSR count).